The van der Waals surface area contributed by atoms with Crippen LogP contribution in [0.25, 0.3) is 0 Å². The summed E-state index contributed by atoms with van der Waals surface area (Å²) in [6.45, 7) is 5.82. The molecule has 0 spiro atoms. The molecule has 1 aliphatic rings. The minimum absolute atomic E-state index is 0.00259. The van der Waals surface area contributed by atoms with E-state index < -0.39 is 4.92 Å². The predicted molar refractivity (Wildman–Crippen MR) is 75.5 cm³/mol. The Labute approximate surface area is 121 Å². The van der Waals surface area contributed by atoms with Gasteiger partial charge < -0.3 is 15.0 Å². The normalized spacial score (nSPS) is 15.5. The van der Waals surface area contributed by atoms with Crippen molar-refractivity contribution in [2.24, 2.45) is 0 Å². The number of halogens is 1. The summed E-state index contributed by atoms with van der Waals surface area (Å²) >= 11 is 5.89. The second-order valence-corrected chi connectivity index (χ2v) is 5.01. The lowest BCUT2D eigenvalue weighted by molar-refractivity contribution is -0.383. The molecule has 1 N–H and O–H groups in total. The number of ether oxygens (including phenoxy) is 1. The molecule has 1 aliphatic heterocycles. The van der Waals surface area contributed by atoms with Gasteiger partial charge in [0.2, 0.25) is 16.9 Å². The van der Waals surface area contributed by atoms with Gasteiger partial charge in [-0.1, -0.05) is 0 Å². The molecule has 1 saturated heterocycles. The van der Waals surface area contributed by atoms with Gasteiger partial charge in [-0.15, -0.1) is 0 Å². The molecule has 0 radical (unpaired) electrons. The highest BCUT2D eigenvalue weighted by molar-refractivity contribution is 6.28. The molecule has 20 heavy (non-hydrogen) atoms. The van der Waals surface area contributed by atoms with Gasteiger partial charge in [0.1, 0.15) is 0 Å². The molecule has 0 saturated carbocycles. The van der Waals surface area contributed by atoms with Gasteiger partial charge in [-0.05, 0) is 25.4 Å². The van der Waals surface area contributed by atoms with Crippen molar-refractivity contribution in [1.82, 2.24) is 9.97 Å². The molecule has 1 aromatic rings. The summed E-state index contributed by atoms with van der Waals surface area (Å²) in [7, 11) is 0. The Morgan fingerprint density at radius 2 is 2.05 bits per heavy atom. The quantitative estimate of drug-likeness (QED) is 0.514. The van der Waals surface area contributed by atoms with Crippen LogP contribution in [0.5, 0.6) is 0 Å². The van der Waals surface area contributed by atoms with Crippen LogP contribution in [0.2, 0.25) is 5.28 Å². The monoisotopic (exact) mass is 301 g/mol. The lowest BCUT2D eigenvalue weighted by atomic mass is 10.3. The van der Waals surface area contributed by atoms with Crippen molar-refractivity contribution >= 4 is 28.9 Å². The van der Waals surface area contributed by atoms with Crippen molar-refractivity contribution in [3.63, 3.8) is 0 Å². The van der Waals surface area contributed by atoms with Gasteiger partial charge in [0.15, 0.2) is 0 Å². The highest BCUT2D eigenvalue weighted by Crippen LogP contribution is 2.34. The van der Waals surface area contributed by atoms with Gasteiger partial charge in [0.05, 0.1) is 18.1 Å². The Morgan fingerprint density at radius 3 is 2.60 bits per heavy atom. The second kappa shape index (κ2) is 6.19. The van der Waals surface area contributed by atoms with E-state index in [1.165, 1.54) is 0 Å². The molecule has 0 bridgehead atoms. The minimum atomic E-state index is -0.480. The van der Waals surface area contributed by atoms with E-state index in [0.29, 0.717) is 26.3 Å². The number of hydrogen-bond donors (Lipinski definition) is 1. The highest BCUT2D eigenvalue weighted by atomic mass is 35.5. The SMILES string of the molecule is CC(C)Nc1nc(Cl)nc(N2CCOCC2)c1[N+](=O)[O-]. The number of nitrogens with zero attached hydrogens (tertiary/aromatic N) is 4. The number of anilines is 2. The first kappa shape index (κ1) is 14.7. The summed E-state index contributed by atoms with van der Waals surface area (Å²) in [5, 5.41) is 14.3. The molecule has 0 unspecified atom stereocenters. The van der Waals surface area contributed by atoms with E-state index in [4.69, 9.17) is 16.3 Å². The van der Waals surface area contributed by atoms with Crippen LogP contribution in [0.4, 0.5) is 17.3 Å². The predicted octanol–water partition coefficient (Wildman–Crippen LogP) is 1.70. The minimum Gasteiger partial charge on any atom is -0.378 e. The standard InChI is InChI=1S/C11H16ClN5O3/c1-7(2)13-9-8(17(18)19)10(15-11(12)14-9)16-3-5-20-6-4-16/h7H,3-6H2,1-2H3,(H,13,14,15). The summed E-state index contributed by atoms with van der Waals surface area (Å²) in [5.41, 5.74) is -0.148. The molecule has 110 valence electrons. The fourth-order valence-corrected chi connectivity index (χ4v) is 2.12. The number of hydrogen-bond acceptors (Lipinski definition) is 7. The van der Waals surface area contributed by atoms with Crippen LogP contribution in [0.15, 0.2) is 0 Å². The Bertz CT molecular complexity index is 505. The lowest BCUT2D eigenvalue weighted by Crippen LogP contribution is -2.37. The molecule has 0 aromatic carbocycles. The van der Waals surface area contributed by atoms with E-state index in [1.54, 1.807) is 4.90 Å². The Balaban J connectivity index is 2.47. The Morgan fingerprint density at radius 1 is 1.40 bits per heavy atom. The maximum atomic E-state index is 11.4. The van der Waals surface area contributed by atoms with E-state index >= 15 is 0 Å². The van der Waals surface area contributed by atoms with E-state index in [2.05, 4.69) is 15.3 Å². The first-order chi connectivity index (χ1) is 9.49. The van der Waals surface area contributed by atoms with Crippen molar-refractivity contribution in [1.29, 1.82) is 0 Å². The second-order valence-electron chi connectivity index (χ2n) is 4.67. The molecule has 0 atom stereocenters. The molecular formula is C11H16ClN5O3. The largest absolute Gasteiger partial charge is 0.378 e. The number of nitro groups is 1. The van der Waals surface area contributed by atoms with Crippen LogP contribution in [-0.4, -0.2) is 47.2 Å². The van der Waals surface area contributed by atoms with Crippen molar-refractivity contribution in [2.45, 2.75) is 19.9 Å². The number of morpholine rings is 1. The fraction of sp³-hybridized carbons (Fsp3) is 0.636. The lowest BCUT2D eigenvalue weighted by Gasteiger charge is -2.27. The molecule has 9 heteroatoms. The molecule has 0 amide bonds. The zero-order chi connectivity index (χ0) is 14.7. The van der Waals surface area contributed by atoms with Crippen molar-refractivity contribution in [3.05, 3.63) is 15.4 Å². The number of rotatable bonds is 4. The summed E-state index contributed by atoms with van der Waals surface area (Å²) in [5.74, 6) is 0.382. The van der Waals surface area contributed by atoms with Crippen LogP contribution in [0.1, 0.15) is 13.8 Å². The third-order valence-corrected chi connectivity index (χ3v) is 2.93. The molecule has 2 heterocycles. The molecule has 2 rings (SSSR count). The van der Waals surface area contributed by atoms with Gasteiger partial charge in [-0.3, -0.25) is 10.1 Å². The van der Waals surface area contributed by atoms with Gasteiger partial charge in [0.25, 0.3) is 0 Å². The molecular weight excluding hydrogens is 286 g/mol. The van der Waals surface area contributed by atoms with Crippen LogP contribution in [-0.2, 0) is 4.74 Å². The zero-order valence-electron chi connectivity index (χ0n) is 11.3. The van der Waals surface area contributed by atoms with Crippen molar-refractivity contribution in [3.8, 4) is 0 Å². The number of nitrogens with one attached hydrogen (secondary N) is 1. The summed E-state index contributed by atoms with van der Waals surface area (Å²) in [4.78, 5) is 20.6. The van der Waals surface area contributed by atoms with Crippen molar-refractivity contribution in [2.75, 3.05) is 36.5 Å². The summed E-state index contributed by atoms with van der Waals surface area (Å²) < 4.78 is 5.24. The molecule has 1 aromatic heterocycles. The summed E-state index contributed by atoms with van der Waals surface area (Å²) in [6.07, 6.45) is 0. The van der Waals surface area contributed by atoms with E-state index in [9.17, 15) is 10.1 Å². The Kier molecular flexibility index (Phi) is 4.56. The average Bonchev–Trinajstić information content (AvgIpc) is 2.37. The maximum Gasteiger partial charge on any atom is 0.353 e. The highest BCUT2D eigenvalue weighted by Gasteiger charge is 2.29. The zero-order valence-corrected chi connectivity index (χ0v) is 12.1. The fourth-order valence-electron chi connectivity index (χ4n) is 1.95. The van der Waals surface area contributed by atoms with Gasteiger partial charge in [-0.25, -0.2) is 0 Å². The van der Waals surface area contributed by atoms with Gasteiger partial charge in [-0.2, -0.15) is 9.97 Å². The van der Waals surface area contributed by atoms with Gasteiger partial charge in [0, 0.05) is 19.1 Å². The topological polar surface area (TPSA) is 93.4 Å². The summed E-state index contributed by atoms with van der Waals surface area (Å²) in [6, 6.07) is -0.00259. The average molecular weight is 302 g/mol. The van der Waals surface area contributed by atoms with E-state index in [-0.39, 0.29) is 28.6 Å². The molecule has 8 nitrogen and oxygen atoms in total. The van der Waals surface area contributed by atoms with E-state index in [1.807, 2.05) is 13.8 Å². The maximum absolute atomic E-state index is 11.4. The first-order valence-corrected chi connectivity index (χ1v) is 6.68. The Hall–Kier alpha value is -1.67. The van der Waals surface area contributed by atoms with Crippen LogP contribution in [0.3, 0.4) is 0 Å². The van der Waals surface area contributed by atoms with Crippen LogP contribution in [0, 0.1) is 10.1 Å². The first-order valence-electron chi connectivity index (χ1n) is 6.30. The van der Waals surface area contributed by atoms with Crippen LogP contribution >= 0.6 is 11.6 Å². The number of aromatic nitrogens is 2. The van der Waals surface area contributed by atoms with Crippen LogP contribution < -0.4 is 10.2 Å². The third-order valence-electron chi connectivity index (χ3n) is 2.76. The van der Waals surface area contributed by atoms with Crippen molar-refractivity contribution < 1.29 is 9.66 Å². The smallest absolute Gasteiger partial charge is 0.353 e. The van der Waals surface area contributed by atoms with Gasteiger partial charge >= 0.3 is 5.69 Å². The molecule has 0 aliphatic carbocycles. The van der Waals surface area contributed by atoms with E-state index in [0.717, 1.165) is 0 Å². The third kappa shape index (κ3) is 3.26. The molecule has 1 fully saturated rings.